The standard InChI is InChI=1S/C21H14N3O13P3/c25-13-22-16-7-1-4-10-19(16)33-39(31,34-20-11-5-2-8-17(20)23-14-26)37-40(32,36-38(28,29)30)35-21-12-6-3-9-18(21)24-15-27/h1-12H,(H2,28,29,30). The van der Waals surface area contributed by atoms with Gasteiger partial charge in [0.1, 0.15) is 17.1 Å². The van der Waals surface area contributed by atoms with Gasteiger partial charge in [-0.05, 0) is 36.4 Å². The minimum Gasteiger partial charge on any atom is -0.401 e. The van der Waals surface area contributed by atoms with Gasteiger partial charge in [-0.2, -0.15) is 23.6 Å². The van der Waals surface area contributed by atoms with Crippen molar-refractivity contribution in [2.24, 2.45) is 15.0 Å². The molecule has 1 atom stereocenters. The fourth-order valence-corrected chi connectivity index (χ4v) is 6.91. The van der Waals surface area contributed by atoms with Crippen LogP contribution in [0.2, 0.25) is 0 Å². The van der Waals surface area contributed by atoms with Gasteiger partial charge in [-0.3, -0.25) is 0 Å². The second-order valence-electron chi connectivity index (χ2n) is 6.83. The largest absolute Gasteiger partial charge is 0.597 e. The molecule has 0 saturated heterocycles. The highest BCUT2D eigenvalue weighted by atomic mass is 31.3. The maximum absolute atomic E-state index is 13.9. The average Bonchev–Trinajstić information content (AvgIpc) is 2.86. The minimum absolute atomic E-state index is 0.276. The number of phosphoric acid groups is 3. The molecule has 3 aromatic rings. The van der Waals surface area contributed by atoms with Crippen molar-refractivity contribution < 1.29 is 60.1 Å². The van der Waals surface area contributed by atoms with E-state index < -0.39 is 40.7 Å². The molecule has 206 valence electrons. The van der Waals surface area contributed by atoms with E-state index in [9.17, 15) is 37.9 Å². The summed E-state index contributed by atoms with van der Waals surface area (Å²) in [6, 6.07) is 15.0. The van der Waals surface area contributed by atoms with Crippen molar-refractivity contribution in [1.82, 2.24) is 0 Å². The smallest absolute Gasteiger partial charge is 0.401 e. The molecule has 0 aliphatic rings. The van der Waals surface area contributed by atoms with E-state index in [0.717, 1.165) is 24.3 Å². The normalized spacial score (nSPS) is 13.7. The number of benzene rings is 3. The predicted molar refractivity (Wildman–Crippen MR) is 134 cm³/mol. The van der Waals surface area contributed by atoms with E-state index >= 15 is 0 Å². The molecule has 16 nitrogen and oxygen atoms in total. The van der Waals surface area contributed by atoms with E-state index in [1.165, 1.54) is 66.8 Å². The quantitative estimate of drug-likeness (QED) is 0.139. The summed E-state index contributed by atoms with van der Waals surface area (Å²) >= 11 is 0. The maximum Gasteiger partial charge on any atom is 0.597 e. The SMILES string of the molecule is O=C=Nc1ccccc1OP(=O)(Oc1ccccc1N=C=O)OP(=O)(Oc1ccccc1N=C=O)OP(=O)(O)O. The van der Waals surface area contributed by atoms with E-state index in [2.05, 4.69) is 19.3 Å². The molecule has 0 fully saturated rings. The van der Waals surface area contributed by atoms with Crippen LogP contribution in [-0.2, 0) is 36.7 Å². The van der Waals surface area contributed by atoms with Crippen LogP contribution in [0.5, 0.6) is 17.2 Å². The number of hydrogen-bond acceptors (Lipinski definition) is 14. The number of isocyanates is 3. The molecule has 0 aromatic heterocycles. The Morgan fingerprint density at radius 3 is 1.18 bits per heavy atom. The molecule has 0 amide bonds. The zero-order valence-electron chi connectivity index (χ0n) is 19.5. The second kappa shape index (κ2) is 13.2. The number of nitrogens with zero attached hydrogens (tertiary/aromatic N) is 3. The zero-order valence-corrected chi connectivity index (χ0v) is 22.2. The molecule has 19 heteroatoms. The van der Waals surface area contributed by atoms with Gasteiger partial charge in [0.25, 0.3) is 0 Å². The zero-order chi connectivity index (χ0) is 29.2. The summed E-state index contributed by atoms with van der Waals surface area (Å²) < 4.78 is 63.9. The summed E-state index contributed by atoms with van der Waals surface area (Å²) in [7, 11) is -17.0. The Bertz CT molecular complexity index is 1620. The van der Waals surface area contributed by atoms with Crippen molar-refractivity contribution >= 4 is 58.8 Å². The third kappa shape index (κ3) is 8.62. The first-order valence-electron chi connectivity index (χ1n) is 10.3. The van der Waals surface area contributed by atoms with E-state index in [1.807, 2.05) is 0 Å². The van der Waals surface area contributed by atoms with Crippen LogP contribution in [0.1, 0.15) is 0 Å². The lowest BCUT2D eigenvalue weighted by molar-refractivity contribution is 0.213. The van der Waals surface area contributed by atoms with Gasteiger partial charge in [0.2, 0.25) is 18.2 Å². The van der Waals surface area contributed by atoms with Crippen LogP contribution in [0, 0.1) is 0 Å². The van der Waals surface area contributed by atoms with Crippen molar-refractivity contribution in [2.75, 3.05) is 0 Å². The van der Waals surface area contributed by atoms with Gasteiger partial charge in [0.15, 0.2) is 17.2 Å². The maximum atomic E-state index is 13.9. The summed E-state index contributed by atoms with van der Waals surface area (Å²) in [6.07, 6.45) is 3.66. The monoisotopic (exact) mass is 609 g/mol. The Morgan fingerprint density at radius 1 is 0.525 bits per heavy atom. The molecule has 3 aromatic carbocycles. The van der Waals surface area contributed by atoms with Crippen LogP contribution in [0.25, 0.3) is 0 Å². The molecule has 2 N–H and O–H groups in total. The third-order valence-electron chi connectivity index (χ3n) is 4.13. The Kier molecular flexibility index (Phi) is 9.98. The van der Waals surface area contributed by atoms with Gasteiger partial charge in [-0.15, -0.1) is 0 Å². The van der Waals surface area contributed by atoms with Crippen molar-refractivity contribution in [3.05, 3.63) is 72.8 Å². The third-order valence-corrected chi connectivity index (χ3v) is 8.64. The Balaban J connectivity index is 2.17. The molecular weight excluding hydrogens is 595 g/mol. The van der Waals surface area contributed by atoms with Gasteiger partial charge in [-0.1, -0.05) is 36.4 Å². The highest BCUT2D eigenvalue weighted by Gasteiger charge is 2.49. The molecule has 0 aliphatic heterocycles. The predicted octanol–water partition coefficient (Wildman–Crippen LogP) is 5.47. The van der Waals surface area contributed by atoms with Gasteiger partial charge >= 0.3 is 23.5 Å². The first kappa shape index (κ1) is 30.3. The van der Waals surface area contributed by atoms with Crippen molar-refractivity contribution in [1.29, 1.82) is 0 Å². The first-order chi connectivity index (χ1) is 19.0. The average molecular weight is 609 g/mol. The van der Waals surface area contributed by atoms with Crippen LogP contribution in [0.15, 0.2) is 87.8 Å². The van der Waals surface area contributed by atoms with E-state index in [1.54, 1.807) is 0 Å². The summed E-state index contributed by atoms with van der Waals surface area (Å²) in [6.45, 7) is 0. The number of phosphoric ester groups is 1. The molecular formula is C21H14N3O13P3. The number of hydrogen-bond donors (Lipinski definition) is 2. The van der Waals surface area contributed by atoms with E-state index in [0.29, 0.717) is 0 Å². The number of para-hydroxylation sites is 6. The minimum atomic E-state index is -5.75. The highest BCUT2D eigenvalue weighted by molar-refractivity contribution is 7.67. The van der Waals surface area contributed by atoms with Crippen LogP contribution < -0.4 is 13.6 Å². The van der Waals surface area contributed by atoms with Crippen LogP contribution in [0.4, 0.5) is 17.1 Å². The van der Waals surface area contributed by atoms with Gasteiger partial charge in [-0.25, -0.2) is 28.1 Å². The Labute approximate surface area is 224 Å². The number of aliphatic imine (C=N–C) groups is 3. The topological polar surface area (TPSA) is 226 Å². The lowest BCUT2D eigenvalue weighted by atomic mass is 10.3. The summed E-state index contributed by atoms with van der Waals surface area (Å²) in [4.78, 5) is 61.3. The molecule has 40 heavy (non-hydrogen) atoms. The number of carbonyl (C=O) groups excluding carboxylic acids is 3. The van der Waals surface area contributed by atoms with Crippen molar-refractivity contribution in [3.63, 3.8) is 0 Å². The lowest BCUT2D eigenvalue weighted by Crippen LogP contribution is -2.08. The fraction of sp³-hybridized carbons (Fsp3) is 0. The van der Waals surface area contributed by atoms with Gasteiger partial charge in [0, 0.05) is 0 Å². The van der Waals surface area contributed by atoms with Crippen molar-refractivity contribution in [2.45, 2.75) is 0 Å². The van der Waals surface area contributed by atoms with Crippen LogP contribution in [-0.4, -0.2) is 28.0 Å². The van der Waals surface area contributed by atoms with E-state index in [4.69, 9.17) is 17.9 Å². The molecule has 0 radical (unpaired) electrons. The Hall–Kier alpha value is -4.27. The fourth-order valence-electron chi connectivity index (χ4n) is 2.74. The molecule has 0 spiro atoms. The Morgan fingerprint density at radius 2 is 0.850 bits per heavy atom. The summed E-state index contributed by atoms with van der Waals surface area (Å²) in [5, 5.41) is 0. The molecule has 1 unspecified atom stereocenters. The molecule has 3 rings (SSSR count). The highest BCUT2D eigenvalue weighted by Crippen LogP contribution is 2.70. The molecule has 0 saturated carbocycles. The molecule has 0 heterocycles. The van der Waals surface area contributed by atoms with Crippen LogP contribution in [0.3, 0.4) is 0 Å². The molecule has 0 bridgehead atoms. The first-order valence-corrected chi connectivity index (χ1v) is 14.7. The lowest BCUT2D eigenvalue weighted by Gasteiger charge is -2.24. The summed E-state index contributed by atoms with van der Waals surface area (Å²) in [5.41, 5.74) is -0.897. The summed E-state index contributed by atoms with van der Waals surface area (Å²) in [5.74, 6) is -1.57. The van der Waals surface area contributed by atoms with Gasteiger partial charge in [0.05, 0.1) is 0 Å². The molecule has 0 aliphatic carbocycles. The van der Waals surface area contributed by atoms with Crippen LogP contribution >= 0.6 is 23.5 Å². The number of rotatable bonds is 13. The van der Waals surface area contributed by atoms with Crippen molar-refractivity contribution in [3.8, 4) is 17.2 Å². The van der Waals surface area contributed by atoms with E-state index in [-0.39, 0.29) is 17.1 Å². The second-order valence-corrected chi connectivity index (χ2v) is 11.5. The van der Waals surface area contributed by atoms with Gasteiger partial charge < -0.3 is 23.4 Å².